The largest absolute Gasteiger partial charge is 0.496 e. The molecule has 208 valence electrons. The quantitative estimate of drug-likeness (QED) is 0.388. The number of benzene rings is 1. The first-order valence-corrected chi connectivity index (χ1v) is 13.4. The van der Waals surface area contributed by atoms with Crippen LogP contribution in [-0.4, -0.2) is 68.0 Å². The number of carbonyl (C=O) groups is 1. The second-order valence-corrected chi connectivity index (χ2v) is 11.5. The molecule has 1 aromatic carbocycles. The maximum Gasteiger partial charge on any atom is 0.410 e. The van der Waals surface area contributed by atoms with Gasteiger partial charge in [0, 0.05) is 53.5 Å². The highest BCUT2D eigenvalue weighted by molar-refractivity contribution is 6.33. The Morgan fingerprint density at radius 2 is 1.95 bits per heavy atom. The number of hydrogen-bond donors (Lipinski definition) is 0. The van der Waals surface area contributed by atoms with Crippen LogP contribution in [0.4, 0.5) is 9.18 Å². The average Bonchev–Trinajstić information content (AvgIpc) is 3.32. The molecule has 0 saturated carbocycles. The molecule has 2 fully saturated rings. The van der Waals surface area contributed by atoms with Crippen LogP contribution in [0.2, 0.25) is 5.02 Å². The molecule has 2 bridgehead atoms. The molecule has 2 saturated heterocycles. The summed E-state index contributed by atoms with van der Waals surface area (Å²) in [7, 11) is 3.41. The molecular formula is C28H33ClFN5O4. The van der Waals surface area contributed by atoms with Gasteiger partial charge in [0.2, 0.25) is 5.88 Å². The van der Waals surface area contributed by atoms with Crippen molar-refractivity contribution in [3.8, 4) is 34.0 Å². The molecule has 2 aliphatic rings. The molecule has 39 heavy (non-hydrogen) atoms. The highest BCUT2D eigenvalue weighted by atomic mass is 35.5. The molecule has 3 aromatic rings. The van der Waals surface area contributed by atoms with E-state index in [2.05, 4.69) is 15.3 Å². The van der Waals surface area contributed by atoms with Crippen LogP contribution < -0.4 is 9.47 Å². The van der Waals surface area contributed by atoms with Crippen LogP contribution in [-0.2, 0) is 11.8 Å². The Morgan fingerprint density at radius 3 is 2.59 bits per heavy atom. The summed E-state index contributed by atoms with van der Waals surface area (Å²) >= 11 is 6.60. The monoisotopic (exact) mass is 557 g/mol. The van der Waals surface area contributed by atoms with Crippen LogP contribution in [0.5, 0.6) is 11.6 Å². The molecule has 5 rings (SSSR count). The number of fused-ring (bicyclic) bond motifs is 2. The van der Waals surface area contributed by atoms with Crippen molar-refractivity contribution < 1.29 is 23.4 Å². The zero-order valence-corrected chi connectivity index (χ0v) is 23.5. The topological polar surface area (TPSA) is 91.6 Å². The first-order valence-electron chi connectivity index (χ1n) is 13.1. The number of halogens is 2. The van der Waals surface area contributed by atoms with E-state index in [1.807, 2.05) is 40.1 Å². The van der Waals surface area contributed by atoms with Crippen LogP contribution in [0.15, 0.2) is 36.7 Å². The van der Waals surface area contributed by atoms with Crippen LogP contribution in [0.1, 0.15) is 46.5 Å². The second kappa shape index (κ2) is 10.6. The van der Waals surface area contributed by atoms with E-state index < -0.39 is 30.0 Å². The lowest BCUT2D eigenvalue weighted by Crippen LogP contribution is -2.63. The molecule has 2 aromatic heterocycles. The number of piperidine rings is 2. The molecule has 0 aliphatic carbocycles. The van der Waals surface area contributed by atoms with Crippen molar-refractivity contribution in [2.24, 2.45) is 7.05 Å². The molecule has 4 heterocycles. The Morgan fingerprint density at radius 1 is 1.15 bits per heavy atom. The number of methoxy groups -OCH3 is 1. The van der Waals surface area contributed by atoms with Crippen molar-refractivity contribution in [2.45, 2.75) is 76.4 Å². The smallest absolute Gasteiger partial charge is 0.410 e. The Kier molecular flexibility index (Phi) is 7.41. The predicted molar refractivity (Wildman–Crippen MR) is 145 cm³/mol. The minimum Gasteiger partial charge on any atom is -0.496 e. The second-order valence-electron chi connectivity index (χ2n) is 11.1. The fourth-order valence-electron chi connectivity index (χ4n) is 5.40. The van der Waals surface area contributed by atoms with Crippen molar-refractivity contribution in [2.75, 3.05) is 7.11 Å². The van der Waals surface area contributed by atoms with Crippen LogP contribution >= 0.6 is 11.6 Å². The number of nitrogens with zero attached hydrogens (tertiary/aromatic N) is 5. The number of carbonyl (C=O) groups excluding carboxylic acids is 1. The Bertz CT molecular complexity index is 1340. The summed E-state index contributed by atoms with van der Waals surface area (Å²) in [5.74, 6) is 0.791. The fraction of sp³-hybridized carbons (Fsp3) is 0.500. The summed E-state index contributed by atoms with van der Waals surface area (Å²) in [6, 6.07) is 6.28. The molecule has 9 nitrogen and oxygen atoms in total. The minimum atomic E-state index is -1.37. The van der Waals surface area contributed by atoms with Gasteiger partial charge in [0.05, 0.1) is 25.0 Å². The summed E-state index contributed by atoms with van der Waals surface area (Å²) in [6.45, 7) is 5.43. The lowest BCUT2D eigenvalue weighted by atomic mass is 9.82. The van der Waals surface area contributed by atoms with Crippen LogP contribution in [0, 0.1) is 0 Å². The molecule has 0 radical (unpaired) electrons. The van der Waals surface area contributed by atoms with Crippen molar-refractivity contribution in [1.82, 2.24) is 24.9 Å². The van der Waals surface area contributed by atoms with Gasteiger partial charge in [0.15, 0.2) is 6.17 Å². The van der Waals surface area contributed by atoms with Gasteiger partial charge in [-0.05, 0) is 58.2 Å². The van der Waals surface area contributed by atoms with E-state index in [1.165, 1.54) is 0 Å². The van der Waals surface area contributed by atoms with Gasteiger partial charge in [-0.25, -0.2) is 9.18 Å². The normalized spacial score (nSPS) is 22.9. The molecule has 0 spiro atoms. The third-order valence-corrected chi connectivity index (χ3v) is 7.43. The maximum atomic E-state index is 15.7. The highest BCUT2D eigenvalue weighted by Gasteiger charge is 2.49. The van der Waals surface area contributed by atoms with E-state index in [9.17, 15) is 4.79 Å². The number of ether oxygens (including phenoxy) is 3. The standard InChI is InChI=1S/C28H33ClFN5O4/c1-28(2,3)39-27(36)35-17-7-6-8-22(35)26(30)24(11-17)38-25-10-9-21(32-33-25)19-12-20(29)18(13-23(19)37-5)16-14-31-34(4)15-16/h9-10,12-15,17,22,24,26H,6-8,11H2,1-5H3/t17-,22+,24-,26+/m1/s1. The van der Waals surface area contributed by atoms with E-state index in [-0.39, 0.29) is 11.9 Å². The molecule has 11 heteroatoms. The SMILES string of the molecule is COc1cc(-c2cnn(C)c2)c(Cl)cc1-c1ccc(O[C@@H]2C[C@H]3CCC[C@@H]([C@@H]2F)N3C(=O)OC(C)(C)C)nn1. The van der Waals surface area contributed by atoms with E-state index >= 15 is 4.39 Å². The number of alkyl halides is 1. The first-order chi connectivity index (χ1) is 18.5. The Balaban J connectivity index is 1.32. The number of amides is 1. The fourth-order valence-corrected chi connectivity index (χ4v) is 5.67. The van der Waals surface area contributed by atoms with Gasteiger partial charge in [-0.15, -0.1) is 10.2 Å². The summed E-state index contributed by atoms with van der Waals surface area (Å²) in [4.78, 5) is 14.4. The molecule has 1 amide bonds. The van der Waals surface area contributed by atoms with Gasteiger partial charge in [-0.2, -0.15) is 5.10 Å². The van der Waals surface area contributed by atoms with Crippen molar-refractivity contribution in [1.29, 1.82) is 0 Å². The lowest BCUT2D eigenvalue weighted by molar-refractivity contribution is -0.0802. The zero-order chi connectivity index (χ0) is 27.9. The van der Waals surface area contributed by atoms with Gasteiger partial charge in [0.1, 0.15) is 17.5 Å². The van der Waals surface area contributed by atoms with Gasteiger partial charge in [0.25, 0.3) is 0 Å². The van der Waals surface area contributed by atoms with Crippen molar-refractivity contribution in [3.63, 3.8) is 0 Å². The molecular weight excluding hydrogens is 525 g/mol. The summed E-state index contributed by atoms with van der Waals surface area (Å²) in [5, 5.41) is 13.3. The van der Waals surface area contributed by atoms with Gasteiger partial charge < -0.3 is 14.2 Å². The average molecular weight is 558 g/mol. The van der Waals surface area contributed by atoms with Gasteiger partial charge in [-0.1, -0.05) is 11.6 Å². The zero-order valence-electron chi connectivity index (χ0n) is 22.7. The maximum absolute atomic E-state index is 15.7. The molecule has 0 unspecified atom stereocenters. The van der Waals surface area contributed by atoms with Gasteiger partial charge >= 0.3 is 6.09 Å². The van der Waals surface area contributed by atoms with E-state index in [0.717, 1.165) is 24.0 Å². The molecule has 2 aliphatic heterocycles. The third-order valence-electron chi connectivity index (χ3n) is 7.11. The summed E-state index contributed by atoms with van der Waals surface area (Å²) in [5.41, 5.74) is 2.21. The number of rotatable bonds is 5. The lowest BCUT2D eigenvalue weighted by Gasteiger charge is -2.49. The highest BCUT2D eigenvalue weighted by Crippen LogP contribution is 2.40. The molecule has 4 atom stereocenters. The predicted octanol–water partition coefficient (Wildman–Crippen LogP) is 5.85. The van der Waals surface area contributed by atoms with E-state index in [1.54, 1.807) is 41.1 Å². The number of hydrogen-bond acceptors (Lipinski definition) is 7. The van der Waals surface area contributed by atoms with E-state index in [4.69, 9.17) is 25.8 Å². The number of aromatic nitrogens is 4. The Labute approximate surface area is 232 Å². The van der Waals surface area contributed by atoms with Gasteiger partial charge in [-0.3, -0.25) is 9.58 Å². The van der Waals surface area contributed by atoms with Crippen LogP contribution in [0.25, 0.3) is 22.4 Å². The van der Waals surface area contributed by atoms with Crippen molar-refractivity contribution in [3.05, 3.63) is 41.7 Å². The summed E-state index contributed by atoms with van der Waals surface area (Å²) < 4.78 is 34.5. The van der Waals surface area contributed by atoms with E-state index in [0.29, 0.717) is 34.9 Å². The number of aryl methyl sites for hydroxylation is 1. The first kappa shape index (κ1) is 27.2. The Hall–Kier alpha value is -3.40. The van der Waals surface area contributed by atoms with Crippen LogP contribution in [0.3, 0.4) is 0 Å². The summed E-state index contributed by atoms with van der Waals surface area (Å²) in [6.07, 6.45) is 3.60. The minimum absolute atomic E-state index is 0.146. The van der Waals surface area contributed by atoms with Crippen molar-refractivity contribution >= 4 is 17.7 Å². The molecule has 0 N–H and O–H groups in total. The third kappa shape index (κ3) is 5.66.